The Hall–Kier alpha value is -1.29. The molecule has 0 aliphatic heterocycles. The van der Waals surface area contributed by atoms with Gasteiger partial charge in [-0.25, -0.2) is 0 Å². The zero-order valence-corrected chi connectivity index (χ0v) is 12.0. The van der Waals surface area contributed by atoms with E-state index in [-0.39, 0.29) is 0 Å². The summed E-state index contributed by atoms with van der Waals surface area (Å²) in [5.41, 5.74) is 11.0. The van der Waals surface area contributed by atoms with Crippen LogP contribution in [0.25, 0.3) is 11.3 Å². The van der Waals surface area contributed by atoms with Crippen LogP contribution < -0.4 is 5.73 Å². The molecule has 0 saturated carbocycles. The first-order valence-corrected chi connectivity index (χ1v) is 7.06. The number of benzene rings is 1. The number of nitrogens with two attached hydrogens (primary N) is 1. The van der Waals surface area contributed by atoms with Gasteiger partial charge in [0, 0.05) is 12.6 Å². The van der Waals surface area contributed by atoms with Crippen LogP contribution in [0.3, 0.4) is 0 Å². The number of nitrogens with zero attached hydrogens (tertiary/aromatic N) is 2. The summed E-state index contributed by atoms with van der Waals surface area (Å²) in [4.78, 5) is 0. The highest BCUT2D eigenvalue weighted by Gasteiger charge is 2.15. The minimum absolute atomic E-state index is 0.669. The summed E-state index contributed by atoms with van der Waals surface area (Å²) < 4.78 is 2.60. The molecular formula is C14H16BrN3. The predicted molar refractivity (Wildman–Crippen MR) is 77.4 cm³/mol. The van der Waals surface area contributed by atoms with E-state index < -0.39 is 0 Å². The SMILES string of the molecule is Cn1nc(-c2ccc3c(c2)CCCC3)c(Br)c1N. The van der Waals surface area contributed by atoms with Gasteiger partial charge in [0.1, 0.15) is 11.5 Å². The van der Waals surface area contributed by atoms with Crippen molar-refractivity contribution in [1.29, 1.82) is 0 Å². The average molecular weight is 306 g/mol. The highest BCUT2D eigenvalue weighted by atomic mass is 79.9. The summed E-state index contributed by atoms with van der Waals surface area (Å²) in [5, 5.41) is 4.47. The Kier molecular flexibility index (Phi) is 2.90. The summed E-state index contributed by atoms with van der Waals surface area (Å²) in [6.07, 6.45) is 5.00. The highest BCUT2D eigenvalue weighted by Crippen LogP contribution is 2.33. The Morgan fingerprint density at radius 2 is 1.94 bits per heavy atom. The number of hydrogen-bond acceptors (Lipinski definition) is 2. The largest absolute Gasteiger partial charge is 0.383 e. The molecule has 94 valence electrons. The molecule has 1 aromatic heterocycles. The Bertz CT molecular complexity index is 601. The van der Waals surface area contributed by atoms with E-state index in [1.807, 2.05) is 7.05 Å². The lowest BCUT2D eigenvalue weighted by atomic mass is 9.90. The third-order valence-electron chi connectivity index (χ3n) is 3.65. The molecule has 3 nitrogen and oxygen atoms in total. The van der Waals surface area contributed by atoms with Crippen molar-refractivity contribution in [3.8, 4) is 11.3 Å². The van der Waals surface area contributed by atoms with Crippen LogP contribution >= 0.6 is 15.9 Å². The van der Waals surface area contributed by atoms with Crippen molar-refractivity contribution in [3.05, 3.63) is 33.8 Å². The second-order valence-electron chi connectivity index (χ2n) is 4.86. The predicted octanol–water partition coefficient (Wildman–Crippen LogP) is 3.31. The topological polar surface area (TPSA) is 43.8 Å². The lowest BCUT2D eigenvalue weighted by molar-refractivity contribution is 0.686. The monoisotopic (exact) mass is 305 g/mol. The van der Waals surface area contributed by atoms with Crippen molar-refractivity contribution < 1.29 is 0 Å². The Labute approximate surface area is 115 Å². The van der Waals surface area contributed by atoms with Crippen molar-refractivity contribution >= 4 is 21.7 Å². The Morgan fingerprint density at radius 3 is 2.61 bits per heavy atom. The molecule has 2 N–H and O–H groups in total. The van der Waals surface area contributed by atoms with E-state index in [0.29, 0.717) is 5.82 Å². The minimum atomic E-state index is 0.669. The number of aromatic nitrogens is 2. The van der Waals surface area contributed by atoms with Crippen LogP contribution in [0, 0.1) is 0 Å². The summed E-state index contributed by atoms with van der Waals surface area (Å²) in [7, 11) is 1.86. The van der Waals surface area contributed by atoms with E-state index in [1.54, 1.807) is 4.68 Å². The van der Waals surface area contributed by atoms with Crippen molar-refractivity contribution in [1.82, 2.24) is 9.78 Å². The van der Waals surface area contributed by atoms with Gasteiger partial charge in [-0.3, -0.25) is 4.68 Å². The van der Waals surface area contributed by atoms with E-state index >= 15 is 0 Å². The number of halogens is 1. The summed E-state index contributed by atoms with van der Waals surface area (Å²) in [5.74, 6) is 0.669. The average Bonchev–Trinajstić information content (AvgIpc) is 2.66. The maximum Gasteiger partial charge on any atom is 0.136 e. The van der Waals surface area contributed by atoms with Gasteiger partial charge in [0.15, 0.2) is 0 Å². The van der Waals surface area contributed by atoms with Crippen LogP contribution in [-0.2, 0) is 19.9 Å². The van der Waals surface area contributed by atoms with Gasteiger partial charge in [-0.15, -0.1) is 0 Å². The van der Waals surface area contributed by atoms with E-state index in [0.717, 1.165) is 15.7 Å². The molecule has 18 heavy (non-hydrogen) atoms. The number of hydrogen-bond donors (Lipinski definition) is 1. The van der Waals surface area contributed by atoms with Crippen LogP contribution in [0.1, 0.15) is 24.0 Å². The van der Waals surface area contributed by atoms with Gasteiger partial charge in [0.2, 0.25) is 0 Å². The lowest BCUT2D eigenvalue weighted by Crippen LogP contribution is -2.02. The number of rotatable bonds is 1. The fraction of sp³-hybridized carbons (Fsp3) is 0.357. The molecule has 0 amide bonds. The molecule has 0 bridgehead atoms. The first-order valence-electron chi connectivity index (χ1n) is 6.27. The standard InChI is InChI=1S/C14H16BrN3/c1-18-14(16)12(15)13(17-18)11-7-6-9-4-2-3-5-10(9)8-11/h6-8H,2-5,16H2,1H3. The van der Waals surface area contributed by atoms with E-state index in [2.05, 4.69) is 39.2 Å². The van der Waals surface area contributed by atoms with Gasteiger partial charge >= 0.3 is 0 Å². The molecule has 0 fully saturated rings. The summed E-state index contributed by atoms with van der Waals surface area (Å²) in [6, 6.07) is 6.65. The van der Waals surface area contributed by atoms with Crippen molar-refractivity contribution in [3.63, 3.8) is 0 Å². The molecule has 0 radical (unpaired) electrons. The molecule has 0 atom stereocenters. The maximum absolute atomic E-state index is 5.93. The third kappa shape index (κ3) is 1.85. The number of fused-ring (bicyclic) bond motifs is 1. The van der Waals surface area contributed by atoms with E-state index in [4.69, 9.17) is 5.73 Å². The molecule has 2 aromatic rings. The van der Waals surface area contributed by atoms with Crippen LogP contribution in [0.4, 0.5) is 5.82 Å². The summed E-state index contributed by atoms with van der Waals surface area (Å²) in [6.45, 7) is 0. The molecule has 1 aliphatic carbocycles. The molecule has 0 saturated heterocycles. The Balaban J connectivity index is 2.09. The third-order valence-corrected chi connectivity index (χ3v) is 4.44. The number of aryl methyl sites for hydroxylation is 3. The first-order chi connectivity index (χ1) is 8.66. The van der Waals surface area contributed by atoms with Gasteiger partial charge in [0.25, 0.3) is 0 Å². The molecule has 4 heteroatoms. The number of nitrogen functional groups attached to an aromatic ring is 1. The molecule has 1 aliphatic rings. The van der Waals surface area contributed by atoms with Crippen LogP contribution in [0.15, 0.2) is 22.7 Å². The van der Waals surface area contributed by atoms with Crippen LogP contribution in [0.2, 0.25) is 0 Å². The fourth-order valence-electron chi connectivity index (χ4n) is 2.58. The fourth-order valence-corrected chi connectivity index (χ4v) is 3.14. The van der Waals surface area contributed by atoms with Gasteiger partial charge < -0.3 is 5.73 Å². The van der Waals surface area contributed by atoms with E-state index in [1.165, 1.54) is 36.8 Å². The molecule has 1 heterocycles. The zero-order chi connectivity index (χ0) is 12.7. The van der Waals surface area contributed by atoms with Crippen molar-refractivity contribution in [2.75, 3.05) is 5.73 Å². The number of anilines is 1. The first kappa shape index (κ1) is 11.8. The molecular weight excluding hydrogens is 290 g/mol. The second-order valence-corrected chi connectivity index (χ2v) is 5.66. The zero-order valence-electron chi connectivity index (χ0n) is 10.4. The molecule has 3 rings (SSSR count). The Morgan fingerprint density at radius 1 is 1.22 bits per heavy atom. The second kappa shape index (κ2) is 4.43. The van der Waals surface area contributed by atoms with Crippen LogP contribution in [-0.4, -0.2) is 9.78 Å². The van der Waals surface area contributed by atoms with Gasteiger partial charge in [-0.1, -0.05) is 12.1 Å². The van der Waals surface area contributed by atoms with Gasteiger partial charge in [-0.2, -0.15) is 5.10 Å². The van der Waals surface area contributed by atoms with Crippen molar-refractivity contribution in [2.24, 2.45) is 7.05 Å². The normalized spacial score (nSPS) is 14.6. The van der Waals surface area contributed by atoms with Crippen LogP contribution in [0.5, 0.6) is 0 Å². The highest BCUT2D eigenvalue weighted by molar-refractivity contribution is 9.10. The molecule has 0 spiro atoms. The molecule has 1 aromatic carbocycles. The minimum Gasteiger partial charge on any atom is -0.383 e. The van der Waals surface area contributed by atoms with Gasteiger partial charge in [0.05, 0.1) is 4.47 Å². The summed E-state index contributed by atoms with van der Waals surface area (Å²) >= 11 is 3.53. The quantitative estimate of drug-likeness (QED) is 0.878. The lowest BCUT2D eigenvalue weighted by Gasteiger charge is -2.16. The van der Waals surface area contributed by atoms with E-state index in [9.17, 15) is 0 Å². The molecule has 0 unspecified atom stereocenters. The maximum atomic E-state index is 5.93. The smallest absolute Gasteiger partial charge is 0.136 e. The van der Waals surface area contributed by atoms with Crippen molar-refractivity contribution in [2.45, 2.75) is 25.7 Å². The van der Waals surface area contributed by atoms with Gasteiger partial charge in [-0.05, 0) is 58.8 Å².